The second-order valence-electron chi connectivity index (χ2n) is 6.29. The number of nitrogens with zero attached hydrogens (tertiary/aromatic N) is 1. The molecule has 0 amide bonds. The Labute approximate surface area is 150 Å². The minimum Gasteiger partial charge on any atom is -0.507 e. The van der Waals surface area contributed by atoms with Crippen molar-refractivity contribution < 1.29 is 9.52 Å². The van der Waals surface area contributed by atoms with Gasteiger partial charge in [-0.15, -0.1) is 0 Å². The van der Waals surface area contributed by atoms with Gasteiger partial charge in [-0.3, -0.25) is 4.99 Å². The molecule has 0 saturated carbocycles. The number of para-hydroxylation sites is 2. The van der Waals surface area contributed by atoms with Gasteiger partial charge in [0.1, 0.15) is 17.1 Å². The Hall–Kier alpha value is -3.34. The highest BCUT2D eigenvalue weighted by Crippen LogP contribution is 2.35. The fraction of sp³-hybridized carbons (Fsp3) is 0.143. The number of aromatic hydroxyl groups is 1. The van der Waals surface area contributed by atoms with Crippen molar-refractivity contribution in [3.63, 3.8) is 0 Å². The van der Waals surface area contributed by atoms with Gasteiger partial charge < -0.3 is 14.8 Å². The average molecular weight is 346 g/mol. The van der Waals surface area contributed by atoms with E-state index in [-0.39, 0.29) is 17.4 Å². The molecule has 0 spiro atoms. The van der Waals surface area contributed by atoms with Crippen LogP contribution in [0.4, 0.5) is 11.4 Å². The maximum Gasteiger partial charge on any atom is 0.348 e. The summed E-state index contributed by atoms with van der Waals surface area (Å²) in [6.07, 6.45) is 0.445. The first-order valence-electron chi connectivity index (χ1n) is 8.44. The van der Waals surface area contributed by atoms with Crippen LogP contribution in [0.1, 0.15) is 29.3 Å². The van der Waals surface area contributed by atoms with Crippen molar-refractivity contribution in [1.29, 1.82) is 0 Å². The summed E-state index contributed by atoms with van der Waals surface area (Å²) in [6.45, 7) is 1.63. The van der Waals surface area contributed by atoms with E-state index in [0.29, 0.717) is 17.9 Å². The highest BCUT2D eigenvalue weighted by molar-refractivity contribution is 6.05. The molecule has 1 atom stereocenters. The Morgan fingerprint density at radius 1 is 1.12 bits per heavy atom. The molecule has 26 heavy (non-hydrogen) atoms. The average Bonchev–Trinajstić information content (AvgIpc) is 2.81. The van der Waals surface area contributed by atoms with Gasteiger partial charge in [0.25, 0.3) is 0 Å². The summed E-state index contributed by atoms with van der Waals surface area (Å²) >= 11 is 0. The lowest BCUT2D eigenvalue weighted by Crippen LogP contribution is -2.19. The Morgan fingerprint density at radius 2 is 1.85 bits per heavy atom. The van der Waals surface area contributed by atoms with E-state index in [0.717, 1.165) is 16.9 Å². The first kappa shape index (κ1) is 16.1. The van der Waals surface area contributed by atoms with Crippen molar-refractivity contribution in [2.24, 2.45) is 4.99 Å². The van der Waals surface area contributed by atoms with Crippen LogP contribution in [-0.4, -0.2) is 10.8 Å². The fourth-order valence-electron chi connectivity index (χ4n) is 3.22. The van der Waals surface area contributed by atoms with Crippen molar-refractivity contribution in [2.75, 3.05) is 5.32 Å². The molecule has 3 aromatic rings. The van der Waals surface area contributed by atoms with E-state index in [2.05, 4.69) is 10.3 Å². The molecule has 1 aliphatic heterocycles. The summed E-state index contributed by atoms with van der Waals surface area (Å²) in [5.41, 5.74) is 2.73. The van der Waals surface area contributed by atoms with E-state index in [1.165, 1.54) is 6.07 Å². The molecule has 2 aromatic carbocycles. The predicted octanol–water partition coefficient (Wildman–Crippen LogP) is 4.33. The summed E-state index contributed by atoms with van der Waals surface area (Å²) in [5, 5.41) is 13.9. The number of hydrogen-bond acceptors (Lipinski definition) is 5. The maximum absolute atomic E-state index is 12.4. The summed E-state index contributed by atoms with van der Waals surface area (Å²) in [7, 11) is 0. The van der Waals surface area contributed by atoms with E-state index in [4.69, 9.17) is 4.42 Å². The molecule has 1 aliphatic rings. The van der Waals surface area contributed by atoms with Crippen LogP contribution in [0.15, 0.2) is 74.9 Å². The third kappa shape index (κ3) is 2.99. The molecule has 0 unspecified atom stereocenters. The number of aryl methyl sites for hydroxylation is 1. The van der Waals surface area contributed by atoms with E-state index < -0.39 is 5.63 Å². The lowest BCUT2D eigenvalue weighted by atomic mass is 9.97. The van der Waals surface area contributed by atoms with Gasteiger partial charge in [0.2, 0.25) is 0 Å². The van der Waals surface area contributed by atoms with Gasteiger partial charge in [0.05, 0.1) is 23.1 Å². The van der Waals surface area contributed by atoms with Crippen molar-refractivity contribution in [3.05, 3.63) is 88.0 Å². The molecule has 0 bridgehead atoms. The number of hydrogen-bond donors (Lipinski definition) is 2. The molecule has 0 saturated heterocycles. The molecule has 130 valence electrons. The zero-order chi connectivity index (χ0) is 18.1. The second kappa shape index (κ2) is 6.52. The van der Waals surface area contributed by atoms with E-state index >= 15 is 0 Å². The van der Waals surface area contributed by atoms with Crippen LogP contribution in [-0.2, 0) is 0 Å². The first-order chi connectivity index (χ1) is 12.6. The van der Waals surface area contributed by atoms with Gasteiger partial charge in [-0.1, -0.05) is 42.5 Å². The Bertz CT molecular complexity index is 1040. The lowest BCUT2D eigenvalue weighted by Gasteiger charge is -2.19. The van der Waals surface area contributed by atoms with Crippen LogP contribution in [0.25, 0.3) is 0 Å². The zero-order valence-corrected chi connectivity index (χ0v) is 14.3. The highest BCUT2D eigenvalue weighted by atomic mass is 16.4. The van der Waals surface area contributed by atoms with Crippen LogP contribution in [0.3, 0.4) is 0 Å². The van der Waals surface area contributed by atoms with Crippen LogP contribution in [0.2, 0.25) is 0 Å². The lowest BCUT2D eigenvalue weighted by molar-refractivity contribution is 0.432. The van der Waals surface area contributed by atoms with Crippen LogP contribution in [0, 0.1) is 6.92 Å². The van der Waals surface area contributed by atoms with E-state index in [1.54, 1.807) is 6.92 Å². The van der Waals surface area contributed by atoms with Crippen LogP contribution in [0.5, 0.6) is 5.75 Å². The topological polar surface area (TPSA) is 74.8 Å². The number of nitrogens with one attached hydrogen (secondary N) is 1. The molecule has 2 N–H and O–H groups in total. The SMILES string of the molecule is Cc1cc(O)c(C2=Nc3ccccc3N[C@@H](c3ccccc3)C2)c(=O)o1. The number of fused-ring (bicyclic) bond motifs is 1. The first-order valence-corrected chi connectivity index (χ1v) is 8.44. The van der Waals surface area contributed by atoms with Crippen LogP contribution >= 0.6 is 0 Å². The van der Waals surface area contributed by atoms with Crippen LogP contribution < -0.4 is 10.9 Å². The summed E-state index contributed by atoms with van der Waals surface area (Å²) in [5.74, 6) is 0.257. The molecule has 0 radical (unpaired) electrons. The minimum atomic E-state index is -0.576. The minimum absolute atomic E-state index is 0.0845. The molecular weight excluding hydrogens is 328 g/mol. The van der Waals surface area contributed by atoms with Crippen molar-refractivity contribution in [3.8, 4) is 5.75 Å². The Morgan fingerprint density at radius 3 is 2.62 bits per heavy atom. The van der Waals surface area contributed by atoms with Gasteiger partial charge in [-0.2, -0.15) is 0 Å². The quantitative estimate of drug-likeness (QED) is 0.724. The molecule has 1 aromatic heterocycles. The van der Waals surface area contributed by atoms with Gasteiger partial charge in [0, 0.05) is 12.5 Å². The summed E-state index contributed by atoms with van der Waals surface area (Å²) in [6, 6.07) is 19.0. The maximum atomic E-state index is 12.4. The largest absolute Gasteiger partial charge is 0.507 e. The number of aliphatic imine (C=N–C) groups is 1. The van der Waals surface area contributed by atoms with Gasteiger partial charge >= 0.3 is 5.63 Å². The standard InChI is InChI=1S/C21H18N2O3/c1-13-11-19(24)20(21(25)26-13)18-12-17(14-7-3-2-4-8-14)22-15-9-5-6-10-16(15)23-18/h2-11,17,22,24H,12H2,1H3/t17-/m1/s1. The van der Waals surface area contributed by atoms with Crippen molar-refractivity contribution in [1.82, 2.24) is 0 Å². The highest BCUT2D eigenvalue weighted by Gasteiger charge is 2.25. The number of anilines is 1. The van der Waals surface area contributed by atoms with Crippen molar-refractivity contribution >= 4 is 17.1 Å². The van der Waals surface area contributed by atoms with Gasteiger partial charge in [0.15, 0.2) is 0 Å². The third-order valence-corrected chi connectivity index (χ3v) is 4.43. The molecular formula is C21H18N2O3. The number of rotatable bonds is 2. The zero-order valence-electron chi connectivity index (χ0n) is 14.3. The molecule has 5 heteroatoms. The molecule has 0 fully saturated rings. The monoisotopic (exact) mass is 346 g/mol. The molecule has 5 nitrogen and oxygen atoms in total. The summed E-state index contributed by atoms with van der Waals surface area (Å²) < 4.78 is 5.20. The van der Waals surface area contributed by atoms with Gasteiger partial charge in [-0.25, -0.2) is 4.79 Å². The molecule has 0 aliphatic carbocycles. The summed E-state index contributed by atoms with van der Waals surface area (Å²) in [4.78, 5) is 17.1. The number of benzene rings is 2. The van der Waals surface area contributed by atoms with E-state index in [1.807, 2.05) is 54.6 Å². The fourth-order valence-corrected chi connectivity index (χ4v) is 3.22. The normalized spacial score (nSPS) is 16.2. The second-order valence-corrected chi connectivity index (χ2v) is 6.29. The van der Waals surface area contributed by atoms with Gasteiger partial charge in [-0.05, 0) is 24.6 Å². The van der Waals surface area contributed by atoms with Crippen molar-refractivity contribution in [2.45, 2.75) is 19.4 Å². The predicted molar refractivity (Wildman–Crippen MR) is 101 cm³/mol. The Kier molecular flexibility index (Phi) is 4.05. The Balaban J connectivity index is 1.88. The molecule has 4 rings (SSSR count). The van der Waals surface area contributed by atoms with E-state index in [9.17, 15) is 9.90 Å². The molecule has 2 heterocycles. The smallest absolute Gasteiger partial charge is 0.348 e. The third-order valence-electron chi connectivity index (χ3n) is 4.43.